The molecule has 0 radical (unpaired) electrons. The van der Waals surface area contributed by atoms with Gasteiger partial charge < -0.3 is 14.8 Å². The van der Waals surface area contributed by atoms with Crippen molar-refractivity contribution in [3.05, 3.63) is 21.3 Å². The molecule has 6 nitrogen and oxygen atoms in total. The SMILES string of the molecule is COC(=O)[C@H](CC(C)C)NC(=O)COC(=O)c1ccc(Cl)s1. The van der Waals surface area contributed by atoms with Crippen molar-refractivity contribution in [1.82, 2.24) is 5.32 Å². The summed E-state index contributed by atoms with van der Waals surface area (Å²) >= 11 is 6.78. The van der Waals surface area contributed by atoms with E-state index < -0.39 is 30.5 Å². The Morgan fingerprint density at radius 2 is 2.00 bits per heavy atom. The minimum Gasteiger partial charge on any atom is -0.467 e. The van der Waals surface area contributed by atoms with Gasteiger partial charge in [-0.3, -0.25) is 4.79 Å². The first-order valence-corrected chi connectivity index (χ1v) is 7.82. The molecule has 1 amide bonds. The fourth-order valence-corrected chi connectivity index (χ4v) is 2.63. The second-order valence-corrected chi connectivity index (χ2v) is 6.67. The van der Waals surface area contributed by atoms with E-state index in [-0.39, 0.29) is 5.92 Å². The Bertz CT molecular complexity index is 543. The van der Waals surface area contributed by atoms with Crippen LogP contribution in [0.4, 0.5) is 0 Å². The van der Waals surface area contributed by atoms with E-state index in [0.717, 1.165) is 11.3 Å². The highest BCUT2D eigenvalue weighted by Crippen LogP contribution is 2.21. The summed E-state index contributed by atoms with van der Waals surface area (Å²) in [6.07, 6.45) is 0.437. The smallest absolute Gasteiger partial charge is 0.348 e. The molecule has 0 aliphatic carbocycles. The number of methoxy groups -OCH3 is 1. The van der Waals surface area contributed by atoms with Crippen LogP contribution in [0.15, 0.2) is 12.1 Å². The minimum absolute atomic E-state index is 0.195. The van der Waals surface area contributed by atoms with Gasteiger partial charge in [-0.1, -0.05) is 25.4 Å². The highest BCUT2D eigenvalue weighted by atomic mass is 35.5. The molecule has 1 aromatic heterocycles. The first kappa shape index (κ1) is 18.4. The Morgan fingerprint density at radius 1 is 1.32 bits per heavy atom. The van der Waals surface area contributed by atoms with Crippen LogP contribution in [0, 0.1) is 5.92 Å². The summed E-state index contributed by atoms with van der Waals surface area (Å²) in [5.74, 6) is -1.53. The molecule has 1 aromatic rings. The van der Waals surface area contributed by atoms with Crippen LogP contribution in [-0.4, -0.2) is 37.6 Å². The van der Waals surface area contributed by atoms with E-state index in [0.29, 0.717) is 15.6 Å². The Balaban J connectivity index is 2.49. The lowest BCUT2D eigenvalue weighted by Crippen LogP contribution is -2.44. The quantitative estimate of drug-likeness (QED) is 0.765. The van der Waals surface area contributed by atoms with Crippen LogP contribution in [0.2, 0.25) is 4.34 Å². The van der Waals surface area contributed by atoms with E-state index in [9.17, 15) is 14.4 Å². The molecule has 0 fully saturated rings. The standard InChI is InChI=1S/C14H18ClNO5S/c1-8(2)6-9(13(18)20-3)16-12(17)7-21-14(19)10-4-5-11(15)22-10/h4-5,8-9H,6-7H2,1-3H3,(H,16,17)/t9-/m0/s1. The average Bonchev–Trinajstić information content (AvgIpc) is 2.89. The molecule has 1 heterocycles. The number of amides is 1. The van der Waals surface area contributed by atoms with Gasteiger partial charge in [0.05, 0.1) is 11.4 Å². The second-order valence-electron chi connectivity index (χ2n) is 4.95. The Labute approximate surface area is 137 Å². The molecule has 1 rings (SSSR count). The summed E-state index contributed by atoms with van der Waals surface area (Å²) in [6, 6.07) is 2.33. The van der Waals surface area contributed by atoms with E-state index in [4.69, 9.17) is 16.3 Å². The maximum absolute atomic E-state index is 11.8. The average molecular weight is 348 g/mol. The zero-order valence-electron chi connectivity index (χ0n) is 12.6. The third-order valence-corrected chi connectivity index (χ3v) is 3.85. The van der Waals surface area contributed by atoms with Gasteiger partial charge in [0.15, 0.2) is 6.61 Å². The summed E-state index contributed by atoms with van der Waals surface area (Å²) in [5.41, 5.74) is 0. The second kappa shape index (κ2) is 8.75. The molecule has 1 atom stereocenters. The zero-order valence-corrected chi connectivity index (χ0v) is 14.1. The number of hydrogen-bond acceptors (Lipinski definition) is 6. The van der Waals surface area contributed by atoms with Crippen molar-refractivity contribution in [3.8, 4) is 0 Å². The van der Waals surface area contributed by atoms with Crippen LogP contribution < -0.4 is 5.32 Å². The first-order valence-electron chi connectivity index (χ1n) is 6.63. The summed E-state index contributed by atoms with van der Waals surface area (Å²) < 4.78 is 9.97. The van der Waals surface area contributed by atoms with E-state index >= 15 is 0 Å². The van der Waals surface area contributed by atoms with Gasteiger partial charge in [0.2, 0.25) is 0 Å². The van der Waals surface area contributed by atoms with E-state index in [1.807, 2.05) is 13.8 Å². The van der Waals surface area contributed by atoms with Crippen molar-refractivity contribution >= 4 is 40.8 Å². The lowest BCUT2D eigenvalue weighted by molar-refractivity contribution is -0.145. The monoisotopic (exact) mass is 347 g/mol. The molecular weight excluding hydrogens is 330 g/mol. The van der Waals surface area contributed by atoms with Gasteiger partial charge in [0.1, 0.15) is 10.9 Å². The molecule has 0 unspecified atom stereocenters. The molecule has 0 aromatic carbocycles. The van der Waals surface area contributed by atoms with Crippen LogP contribution >= 0.6 is 22.9 Å². The lowest BCUT2D eigenvalue weighted by Gasteiger charge is -2.18. The predicted octanol–water partition coefficient (Wildman–Crippen LogP) is 2.26. The van der Waals surface area contributed by atoms with Crippen molar-refractivity contribution in [2.24, 2.45) is 5.92 Å². The number of carbonyl (C=O) groups excluding carboxylic acids is 3. The highest BCUT2D eigenvalue weighted by molar-refractivity contribution is 7.17. The molecule has 0 aliphatic heterocycles. The number of ether oxygens (including phenoxy) is 2. The highest BCUT2D eigenvalue weighted by Gasteiger charge is 2.23. The van der Waals surface area contributed by atoms with Crippen molar-refractivity contribution in [2.75, 3.05) is 13.7 Å². The van der Waals surface area contributed by atoms with Gasteiger partial charge >= 0.3 is 11.9 Å². The summed E-state index contributed by atoms with van der Waals surface area (Å²) in [4.78, 5) is 35.3. The fourth-order valence-electron chi connectivity index (χ4n) is 1.69. The Hall–Kier alpha value is -1.60. The van der Waals surface area contributed by atoms with Crippen molar-refractivity contribution < 1.29 is 23.9 Å². The Kier molecular flexibility index (Phi) is 7.34. The number of thiophene rings is 1. The lowest BCUT2D eigenvalue weighted by atomic mass is 10.0. The number of esters is 2. The summed E-state index contributed by atoms with van der Waals surface area (Å²) in [6.45, 7) is 3.37. The maximum Gasteiger partial charge on any atom is 0.348 e. The molecule has 0 saturated carbocycles. The third-order valence-electron chi connectivity index (χ3n) is 2.64. The van der Waals surface area contributed by atoms with Crippen molar-refractivity contribution in [3.63, 3.8) is 0 Å². The molecule has 22 heavy (non-hydrogen) atoms. The topological polar surface area (TPSA) is 81.7 Å². The van der Waals surface area contributed by atoms with Gasteiger partial charge in [-0.15, -0.1) is 11.3 Å². The van der Waals surface area contributed by atoms with Gasteiger partial charge in [-0.25, -0.2) is 9.59 Å². The number of halogens is 1. The van der Waals surface area contributed by atoms with Crippen LogP contribution in [-0.2, 0) is 19.1 Å². The molecule has 1 N–H and O–H groups in total. The van der Waals surface area contributed by atoms with Gasteiger partial charge in [-0.2, -0.15) is 0 Å². The van der Waals surface area contributed by atoms with E-state index in [2.05, 4.69) is 10.1 Å². The molecule has 0 saturated heterocycles. The minimum atomic E-state index is -0.757. The number of carbonyl (C=O) groups is 3. The predicted molar refractivity (Wildman–Crippen MR) is 83.0 cm³/mol. The van der Waals surface area contributed by atoms with Gasteiger partial charge in [0.25, 0.3) is 5.91 Å². The van der Waals surface area contributed by atoms with Gasteiger partial charge in [0, 0.05) is 0 Å². The van der Waals surface area contributed by atoms with Crippen LogP contribution in [0.5, 0.6) is 0 Å². The van der Waals surface area contributed by atoms with Crippen LogP contribution in [0.25, 0.3) is 0 Å². The first-order chi connectivity index (χ1) is 10.3. The maximum atomic E-state index is 11.8. The molecular formula is C14H18ClNO5S. The Morgan fingerprint density at radius 3 is 2.50 bits per heavy atom. The molecule has 8 heteroatoms. The normalized spacial score (nSPS) is 11.9. The number of rotatable bonds is 7. The van der Waals surface area contributed by atoms with Gasteiger partial charge in [-0.05, 0) is 24.5 Å². The molecule has 0 bridgehead atoms. The largest absolute Gasteiger partial charge is 0.467 e. The van der Waals surface area contributed by atoms with Crippen molar-refractivity contribution in [2.45, 2.75) is 26.3 Å². The molecule has 122 valence electrons. The van der Waals surface area contributed by atoms with E-state index in [1.54, 1.807) is 6.07 Å². The van der Waals surface area contributed by atoms with Crippen LogP contribution in [0.1, 0.15) is 29.9 Å². The number of nitrogens with one attached hydrogen (secondary N) is 1. The summed E-state index contributed by atoms with van der Waals surface area (Å²) in [5, 5.41) is 2.50. The van der Waals surface area contributed by atoms with E-state index in [1.165, 1.54) is 13.2 Å². The van der Waals surface area contributed by atoms with Crippen molar-refractivity contribution in [1.29, 1.82) is 0 Å². The summed E-state index contributed by atoms with van der Waals surface area (Å²) in [7, 11) is 1.25. The fraction of sp³-hybridized carbons (Fsp3) is 0.500. The third kappa shape index (κ3) is 6.03. The molecule has 0 spiro atoms. The molecule has 0 aliphatic rings. The van der Waals surface area contributed by atoms with Crippen LogP contribution in [0.3, 0.4) is 0 Å². The number of hydrogen-bond donors (Lipinski definition) is 1. The zero-order chi connectivity index (χ0) is 16.7.